The second-order valence-corrected chi connectivity index (χ2v) is 8.07. The largest absolute Gasteiger partial charge is 0.494 e. The maximum absolute atomic E-state index is 13.3. The number of ether oxygens (including phenoxy) is 1. The van der Waals surface area contributed by atoms with Gasteiger partial charge in [0.25, 0.3) is 0 Å². The topological polar surface area (TPSA) is 112 Å². The maximum atomic E-state index is 13.3. The van der Waals surface area contributed by atoms with Gasteiger partial charge in [-0.2, -0.15) is 17.7 Å². The Kier molecular flexibility index (Phi) is 4.31. The number of nitrogens with two attached hydrogens (primary N) is 1. The van der Waals surface area contributed by atoms with Gasteiger partial charge in [-0.1, -0.05) is 6.07 Å². The number of hydrogen-bond donors (Lipinski definition) is 1. The molecule has 10 nitrogen and oxygen atoms in total. The standard InChI is InChI=1S/C19H20F3N9O/c1-18(2)15-26-27-16(19(20,21)22)30(15)8-7-29(18)9-12-24-14-10-5-4-6-11(32-3)13(10)25-17(23)31(14)28-12/h4-6H,7-9H2,1-3H3,(H2,23,25). The fourth-order valence-corrected chi connectivity index (χ4v) is 4.17. The molecular weight excluding hydrogens is 427 g/mol. The monoisotopic (exact) mass is 447 g/mol. The van der Waals surface area contributed by atoms with Crippen LogP contribution in [0.15, 0.2) is 18.2 Å². The maximum Gasteiger partial charge on any atom is 0.451 e. The van der Waals surface area contributed by atoms with Gasteiger partial charge in [0.2, 0.25) is 11.8 Å². The summed E-state index contributed by atoms with van der Waals surface area (Å²) in [6, 6.07) is 5.46. The first kappa shape index (κ1) is 20.4. The average Bonchev–Trinajstić information content (AvgIpc) is 3.35. The minimum atomic E-state index is -4.56. The van der Waals surface area contributed by atoms with Crippen LogP contribution in [0, 0.1) is 0 Å². The summed E-state index contributed by atoms with van der Waals surface area (Å²) in [6.45, 7) is 4.35. The quantitative estimate of drug-likeness (QED) is 0.509. The molecule has 0 saturated heterocycles. The van der Waals surface area contributed by atoms with Crippen LogP contribution in [0.1, 0.15) is 31.3 Å². The van der Waals surface area contributed by atoms with Crippen molar-refractivity contribution in [1.29, 1.82) is 0 Å². The van der Waals surface area contributed by atoms with E-state index >= 15 is 0 Å². The first-order valence-electron chi connectivity index (χ1n) is 9.85. The highest BCUT2D eigenvalue weighted by Gasteiger charge is 2.45. The van der Waals surface area contributed by atoms with E-state index in [-0.39, 0.29) is 24.9 Å². The number of alkyl halides is 3. The zero-order chi connectivity index (χ0) is 22.8. The number of anilines is 1. The molecule has 2 N–H and O–H groups in total. The van der Waals surface area contributed by atoms with E-state index in [0.29, 0.717) is 29.3 Å². The fourth-order valence-electron chi connectivity index (χ4n) is 4.17. The summed E-state index contributed by atoms with van der Waals surface area (Å²) in [6.07, 6.45) is -4.56. The van der Waals surface area contributed by atoms with Crippen molar-refractivity contribution in [2.75, 3.05) is 19.4 Å². The van der Waals surface area contributed by atoms with Crippen molar-refractivity contribution in [3.05, 3.63) is 35.7 Å². The van der Waals surface area contributed by atoms with Crippen LogP contribution >= 0.6 is 0 Å². The lowest BCUT2D eigenvalue weighted by Gasteiger charge is -2.41. The van der Waals surface area contributed by atoms with Gasteiger partial charge in [0, 0.05) is 18.5 Å². The molecule has 0 bridgehead atoms. The molecule has 168 valence electrons. The third-order valence-electron chi connectivity index (χ3n) is 5.82. The molecular formula is C19H20F3N9O. The molecule has 0 fully saturated rings. The summed E-state index contributed by atoms with van der Waals surface area (Å²) in [7, 11) is 1.55. The highest BCUT2D eigenvalue weighted by atomic mass is 19.4. The fraction of sp³-hybridized carbons (Fsp3) is 0.421. The average molecular weight is 447 g/mol. The Morgan fingerprint density at radius 1 is 1.16 bits per heavy atom. The molecule has 0 saturated carbocycles. The Bertz CT molecular complexity index is 1340. The van der Waals surface area contributed by atoms with Crippen LogP contribution in [-0.4, -0.2) is 52.9 Å². The smallest absolute Gasteiger partial charge is 0.451 e. The summed E-state index contributed by atoms with van der Waals surface area (Å²) in [5.74, 6) is 0.453. The molecule has 0 unspecified atom stereocenters. The van der Waals surface area contributed by atoms with Crippen LogP contribution in [0.5, 0.6) is 5.75 Å². The first-order valence-corrected chi connectivity index (χ1v) is 9.85. The van der Waals surface area contributed by atoms with E-state index < -0.39 is 17.5 Å². The minimum absolute atomic E-state index is 0.109. The van der Waals surface area contributed by atoms with Crippen LogP contribution < -0.4 is 10.5 Å². The van der Waals surface area contributed by atoms with Gasteiger partial charge in [0.05, 0.1) is 19.2 Å². The number of fused-ring (bicyclic) bond motifs is 4. The van der Waals surface area contributed by atoms with Crippen molar-refractivity contribution >= 4 is 22.5 Å². The van der Waals surface area contributed by atoms with Crippen LogP contribution in [0.4, 0.5) is 19.1 Å². The van der Waals surface area contributed by atoms with E-state index in [9.17, 15) is 13.2 Å². The number of para-hydroxylation sites is 1. The second-order valence-electron chi connectivity index (χ2n) is 8.07. The highest BCUT2D eigenvalue weighted by molar-refractivity contribution is 5.95. The van der Waals surface area contributed by atoms with Gasteiger partial charge in [-0.05, 0) is 26.0 Å². The summed E-state index contributed by atoms with van der Waals surface area (Å²) >= 11 is 0. The van der Waals surface area contributed by atoms with E-state index in [1.165, 1.54) is 4.52 Å². The number of halogens is 3. The van der Waals surface area contributed by atoms with Crippen molar-refractivity contribution in [2.24, 2.45) is 0 Å². The lowest BCUT2D eigenvalue weighted by atomic mass is 9.99. The Labute approximate surface area is 179 Å². The lowest BCUT2D eigenvalue weighted by Crippen LogP contribution is -2.49. The number of benzene rings is 1. The number of nitrogen functional groups attached to an aromatic ring is 1. The van der Waals surface area contributed by atoms with Crippen molar-refractivity contribution < 1.29 is 17.9 Å². The molecule has 0 atom stereocenters. The van der Waals surface area contributed by atoms with Crippen molar-refractivity contribution in [3.63, 3.8) is 0 Å². The third kappa shape index (κ3) is 2.95. The summed E-state index contributed by atoms with van der Waals surface area (Å²) in [5, 5.41) is 12.5. The van der Waals surface area contributed by atoms with Gasteiger partial charge in [-0.15, -0.1) is 15.3 Å². The zero-order valence-electron chi connectivity index (χ0n) is 17.6. The van der Waals surface area contributed by atoms with E-state index in [0.717, 1.165) is 9.95 Å². The zero-order valence-corrected chi connectivity index (χ0v) is 17.6. The second kappa shape index (κ2) is 6.76. The molecule has 0 radical (unpaired) electrons. The van der Waals surface area contributed by atoms with Crippen LogP contribution in [-0.2, 0) is 24.8 Å². The molecule has 4 heterocycles. The predicted octanol–water partition coefficient (Wildman–Crippen LogP) is 2.23. The molecule has 13 heteroatoms. The number of methoxy groups -OCH3 is 1. The van der Waals surface area contributed by atoms with E-state index in [1.54, 1.807) is 27.0 Å². The molecule has 0 amide bonds. The molecule has 1 aliphatic heterocycles. The SMILES string of the molecule is COc1cccc2c1nc(N)n1nc(CN3CCn4c(C(F)(F)F)nnc4C3(C)C)nc21. The van der Waals surface area contributed by atoms with E-state index in [4.69, 9.17) is 10.5 Å². The molecule has 3 aromatic heterocycles. The molecule has 0 aliphatic carbocycles. The van der Waals surface area contributed by atoms with Crippen molar-refractivity contribution in [2.45, 2.75) is 38.7 Å². The normalized spacial score (nSPS) is 16.6. The Hall–Kier alpha value is -3.48. The van der Waals surface area contributed by atoms with Gasteiger partial charge in [0.1, 0.15) is 11.3 Å². The molecule has 1 aliphatic rings. The van der Waals surface area contributed by atoms with E-state index in [1.807, 2.05) is 17.0 Å². The summed E-state index contributed by atoms with van der Waals surface area (Å²) in [4.78, 5) is 11.0. The minimum Gasteiger partial charge on any atom is -0.494 e. The summed E-state index contributed by atoms with van der Waals surface area (Å²) < 4.78 is 47.7. The Morgan fingerprint density at radius 2 is 1.94 bits per heavy atom. The van der Waals surface area contributed by atoms with Gasteiger partial charge in [0.15, 0.2) is 17.3 Å². The third-order valence-corrected chi connectivity index (χ3v) is 5.82. The van der Waals surface area contributed by atoms with E-state index in [2.05, 4.69) is 25.3 Å². The van der Waals surface area contributed by atoms with Crippen LogP contribution in [0.2, 0.25) is 0 Å². The van der Waals surface area contributed by atoms with Crippen molar-refractivity contribution in [3.8, 4) is 5.75 Å². The number of hydrogen-bond acceptors (Lipinski definition) is 8. The molecule has 4 aromatic rings. The number of nitrogens with zero attached hydrogens (tertiary/aromatic N) is 8. The molecule has 32 heavy (non-hydrogen) atoms. The Morgan fingerprint density at radius 3 is 2.66 bits per heavy atom. The lowest BCUT2D eigenvalue weighted by molar-refractivity contribution is -0.148. The van der Waals surface area contributed by atoms with Gasteiger partial charge >= 0.3 is 6.18 Å². The predicted molar refractivity (Wildman–Crippen MR) is 108 cm³/mol. The van der Waals surface area contributed by atoms with Gasteiger partial charge < -0.3 is 15.0 Å². The van der Waals surface area contributed by atoms with Crippen LogP contribution in [0.3, 0.4) is 0 Å². The van der Waals surface area contributed by atoms with Crippen molar-refractivity contribution in [1.82, 2.24) is 39.2 Å². The molecule has 0 spiro atoms. The summed E-state index contributed by atoms with van der Waals surface area (Å²) in [5.41, 5.74) is 6.39. The van der Waals surface area contributed by atoms with Crippen LogP contribution in [0.25, 0.3) is 16.6 Å². The molecule has 5 rings (SSSR count). The van der Waals surface area contributed by atoms with Gasteiger partial charge in [-0.25, -0.2) is 9.97 Å². The van der Waals surface area contributed by atoms with Gasteiger partial charge in [-0.3, -0.25) is 4.90 Å². The first-order chi connectivity index (χ1) is 15.1. The number of aromatic nitrogens is 7. The number of rotatable bonds is 3. The molecule has 1 aromatic carbocycles. The highest BCUT2D eigenvalue weighted by Crippen LogP contribution is 2.36. The Balaban J connectivity index is 1.53.